The zero-order valence-electron chi connectivity index (χ0n) is 15.2. The molecule has 0 fully saturated rings. The van der Waals surface area contributed by atoms with Gasteiger partial charge in [0.15, 0.2) is 5.82 Å². The standard InChI is InChI=1S/C19H22BrN5O/c1-13-11-17(23-25(13)12-16-7-5-4-6-8-16)21-18(26)9-10-24-15(3)19(20)14(2)22-24/h4-8,11H,9-10,12H2,1-3H3,(H,21,23,26). The normalized spacial score (nSPS) is 10.9. The highest BCUT2D eigenvalue weighted by molar-refractivity contribution is 9.10. The molecule has 3 aromatic rings. The minimum atomic E-state index is -0.0713. The van der Waals surface area contributed by atoms with Crippen molar-refractivity contribution in [1.82, 2.24) is 19.6 Å². The third-order valence-corrected chi connectivity index (χ3v) is 5.42. The monoisotopic (exact) mass is 415 g/mol. The number of benzene rings is 1. The molecular formula is C19H22BrN5O. The summed E-state index contributed by atoms with van der Waals surface area (Å²) in [4.78, 5) is 12.3. The summed E-state index contributed by atoms with van der Waals surface area (Å²) >= 11 is 3.50. The van der Waals surface area contributed by atoms with Gasteiger partial charge in [-0.1, -0.05) is 30.3 Å². The smallest absolute Gasteiger partial charge is 0.227 e. The van der Waals surface area contributed by atoms with E-state index in [1.54, 1.807) is 0 Å². The Labute approximate surface area is 161 Å². The van der Waals surface area contributed by atoms with E-state index in [4.69, 9.17) is 0 Å². The topological polar surface area (TPSA) is 64.7 Å². The molecule has 0 radical (unpaired) electrons. The zero-order chi connectivity index (χ0) is 18.7. The highest BCUT2D eigenvalue weighted by Gasteiger charge is 2.12. The van der Waals surface area contributed by atoms with Crippen molar-refractivity contribution in [2.75, 3.05) is 5.32 Å². The van der Waals surface area contributed by atoms with Crippen LogP contribution in [-0.4, -0.2) is 25.5 Å². The van der Waals surface area contributed by atoms with Gasteiger partial charge >= 0.3 is 0 Å². The average molecular weight is 416 g/mol. The first kappa shape index (κ1) is 18.4. The van der Waals surface area contributed by atoms with Crippen molar-refractivity contribution < 1.29 is 4.79 Å². The molecule has 136 valence electrons. The van der Waals surface area contributed by atoms with Gasteiger partial charge in [0, 0.05) is 23.9 Å². The lowest BCUT2D eigenvalue weighted by molar-refractivity contribution is -0.116. The van der Waals surface area contributed by atoms with Crippen LogP contribution in [0.5, 0.6) is 0 Å². The van der Waals surface area contributed by atoms with Crippen molar-refractivity contribution in [3.63, 3.8) is 0 Å². The van der Waals surface area contributed by atoms with Crippen molar-refractivity contribution in [3.8, 4) is 0 Å². The van der Waals surface area contributed by atoms with E-state index in [1.807, 2.05) is 54.4 Å². The Hall–Kier alpha value is -2.41. The summed E-state index contributed by atoms with van der Waals surface area (Å²) < 4.78 is 4.73. The number of carbonyl (C=O) groups excluding carboxylic acids is 1. The average Bonchev–Trinajstić information content (AvgIpc) is 3.08. The molecule has 0 aliphatic heterocycles. The number of aromatic nitrogens is 4. The van der Waals surface area contributed by atoms with Crippen LogP contribution in [0.25, 0.3) is 0 Å². The van der Waals surface area contributed by atoms with Gasteiger partial charge in [-0.15, -0.1) is 0 Å². The predicted octanol–water partition coefficient (Wildman–Crippen LogP) is 3.84. The number of rotatable bonds is 6. The van der Waals surface area contributed by atoms with Crippen LogP contribution in [-0.2, 0) is 17.9 Å². The van der Waals surface area contributed by atoms with Gasteiger partial charge in [0.2, 0.25) is 5.91 Å². The molecule has 7 heteroatoms. The van der Waals surface area contributed by atoms with Gasteiger partial charge in [-0.05, 0) is 42.3 Å². The largest absolute Gasteiger partial charge is 0.309 e. The summed E-state index contributed by atoms with van der Waals surface area (Å²) in [6.07, 6.45) is 0.346. The highest BCUT2D eigenvalue weighted by atomic mass is 79.9. The number of nitrogens with one attached hydrogen (secondary N) is 1. The number of nitrogens with zero attached hydrogens (tertiary/aromatic N) is 4. The van der Waals surface area contributed by atoms with E-state index in [0.29, 0.717) is 25.3 Å². The molecule has 1 amide bonds. The molecule has 6 nitrogen and oxygen atoms in total. The molecular weight excluding hydrogens is 394 g/mol. The summed E-state index contributed by atoms with van der Waals surface area (Å²) in [6, 6.07) is 12.0. The molecule has 26 heavy (non-hydrogen) atoms. The number of hydrogen-bond acceptors (Lipinski definition) is 3. The molecule has 3 rings (SSSR count). The van der Waals surface area contributed by atoms with Crippen molar-refractivity contribution in [1.29, 1.82) is 0 Å². The Kier molecular flexibility index (Phi) is 5.56. The number of aryl methyl sites for hydroxylation is 3. The van der Waals surface area contributed by atoms with E-state index in [-0.39, 0.29) is 5.91 Å². The number of anilines is 1. The molecule has 2 aromatic heterocycles. The maximum absolute atomic E-state index is 12.3. The molecule has 1 aromatic carbocycles. The Morgan fingerprint density at radius 2 is 1.85 bits per heavy atom. The van der Waals surface area contributed by atoms with E-state index in [9.17, 15) is 4.79 Å². The Morgan fingerprint density at radius 1 is 1.12 bits per heavy atom. The fraction of sp³-hybridized carbons (Fsp3) is 0.316. The van der Waals surface area contributed by atoms with Crippen molar-refractivity contribution in [2.45, 2.75) is 40.3 Å². The van der Waals surface area contributed by atoms with Crippen LogP contribution in [0.2, 0.25) is 0 Å². The second-order valence-electron chi connectivity index (χ2n) is 6.32. The van der Waals surface area contributed by atoms with E-state index in [1.165, 1.54) is 5.56 Å². The molecule has 0 atom stereocenters. The van der Waals surface area contributed by atoms with Crippen molar-refractivity contribution in [2.24, 2.45) is 0 Å². The molecule has 0 unspecified atom stereocenters. The SMILES string of the molecule is Cc1nn(CCC(=O)Nc2cc(C)n(Cc3ccccc3)n2)c(C)c1Br. The van der Waals surface area contributed by atoms with Crippen LogP contribution in [0.4, 0.5) is 5.82 Å². The number of halogens is 1. The van der Waals surface area contributed by atoms with Gasteiger partial charge in [-0.3, -0.25) is 14.2 Å². The summed E-state index contributed by atoms with van der Waals surface area (Å²) in [7, 11) is 0. The minimum absolute atomic E-state index is 0.0713. The maximum Gasteiger partial charge on any atom is 0.227 e. The molecule has 0 aliphatic rings. The lowest BCUT2D eigenvalue weighted by atomic mass is 10.2. The van der Waals surface area contributed by atoms with Crippen LogP contribution < -0.4 is 5.32 Å². The maximum atomic E-state index is 12.3. The molecule has 0 saturated carbocycles. The van der Waals surface area contributed by atoms with Gasteiger partial charge < -0.3 is 5.32 Å². The lowest BCUT2D eigenvalue weighted by Crippen LogP contribution is -2.16. The number of hydrogen-bond donors (Lipinski definition) is 1. The quantitative estimate of drug-likeness (QED) is 0.664. The Morgan fingerprint density at radius 3 is 2.50 bits per heavy atom. The van der Waals surface area contributed by atoms with Crippen LogP contribution >= 0.6 is 15.9 Å². The second kappa shape index (κ2) is 7.86. The first-order valence-electron chi connectivity index (χ1n) is 8.52. The van der Waals surface area contributed by atoms with Gasteiger partial charge in [0.05, 0.1) is 23.3 Å². The molecule has 2 heterocycles. The van der Waals surface area contributed by atoms with Gasteiger partial charge in [0.1, 0.15) is 0 Å². The number of amides is 1. The van der Waals surface area contributed by atoms with Crippen molar-refractivity contribution in [3.05, 3.63) is 63.5 Å². The van der Waals surface area contributed by atoms with Gasteiger partial charge in [0.25, 0.3) is 0 Å². The van der Waals surface area contributed by atoms with Crippen LogP contribution in [0.15, 0.2) is 40.9 Å². The third-order valence-electron chi connectivity index (χ3n) is 4.27. The predicted molar refractivity (Wildman–Crippen MR) is 105 cm³/mol. The first-order chi connectivity index (χ1) is 12.4. The fourth-order valence-electron chi connectivity index (χ4n) is 2.79. The van der Waals surface area contributed by atoms with E-state index < -0.39 is 0 Å². The molecule has 0 spiro atoms. The van der Waals surface area contributed by atoms with E-state index >= 15 is 0 Å². The molecule has 0 saturated heterocycles. The van der Waals surface area contributed by atoms with E-state index in [2.05, 4.69) is 43.6 Å². The second-order valence-corrected chi connectivity index (χ2v) is 7.11. The van der Waals surface area contributed by atoms with Crippen molar-refractivity contribution >= 4 is 27.7 Å². The highest BCUT2D eigenvalue weighted by Crippen LogP contribution is 2.20. The summed E-state index contributed by atoms with van der Waals surface area (Å²) in [6.45, 7) is 7.13. The Balaban J connectivity index is 1.59. The van der Waals surface area contributed by atoms with Crippen LogP contribution in [0, 0.1) is 20.8 Å². The van der Waals surface area contributed by atoms with E-state index in [0.717, 1.165) is 21.6 Å². The summed E-state index contributed by atoms with van der Waals surface area (Å²) in [5.41, 5.74) is 4.13. The summed E-state index contributed by atoms with van der Waals surface area (Å²) in [5.74, 6) is 0.510. The Bertz CT molecular complexity index is 914. The van der Waals surface area contributed by atoms with Crippen LogP contribution in [0.1, 0.15) is 29.1 Å². The first-order valence-corrected chi connectivity index (χ1v) is 9.31. The minimum Gasteiger partial charge on any atom is -0.309 e. The molecule has 1 N–H and O–H groups in total. The number of carbonyl (C=O) groups is 1. The zero-order valence-corrected chi connectivity index (χ0v) is 16.7. The molecule has 0 aliphatic carbocycles. The van der Waals surface area contributed by atoms with Gasteiger partial charge in [-0.25, -0.2) is 0 Å². The fourth-order valence-corrected chi connectivity index (χ4v) is 3.08. The molecule has 0 bridgehead atoms. The summed E-state index contributed by atoms with van der Waals surface area (Å²) in [5, 5.41) is 11.8. The van der Waals surface area contributed by atoms with Gasteiger partial charge in [-0.2, -0.15) is 10.2 Å². The van der Waals surface area contributed by atoms with Crippen LogP contribution in [0.3, 0.4) is 0 Å². The lowest BCUT2D eigenvalue weighted by Gasteiger charge is -2.05. The third kappa shape index (κ3) is 4.22.